The quantitative estimate of drug-likeness (QED) is 0.803. The number of carbonyl (C=O) groups excluding carboxylic acids is 1. The zero-order valence-electron chi connectivity index (χ0n) is 9.59. The van der Waals surface area contributed by atoms with Gasteiger partial charge in [-0.15, -0.1) is 0 Å². The standard InChI is InChI=1S/C12H16N2O3/c13-9-4-5-11(14-7-9)12(15)17-8-10-3-1-2-6-16-10/h4-5,7,10H,1-3,6,8,13H2. The summed E-state index contributed by atoms with van der Waals surface area (Å²) in [6.07, 6.45) is 4.63. The van der Waals surface area contributed by atoms with Crippen LogP contribution in [-0.2, 0) is 9.47 Å². The number of nitrogen functional groups attached to an aromatic ring is 1. The van der Waals surface area contributed by atoms with E-state index in [9.17, 15) is 4.79 Å². The van der Waals surface area contributed by atoms with Crippen molar-refractivity contribution in [3.63, 3.8) is 0 Å². The van der Waals surface area contributed by atoms with Gasteiger partial charge < -0.3 is 15.2 Å². The Kier molecular flexibility index (Phi) is 3.93. The highest BCUT2D eigenvalue weighted by molar-refractivity contribution is 5.87. The highest BCUT2D eigenvalue weighted by atomic mass is 16.6. The van der Waals surface area contributed by atoms with Crippen LogP contribution in [0.4, 0.5) is 5.69 Å². The first-order valence-corrected chi connectivity index (χ1v) is 5.76. The lowest BCUT2D eigenvalue weighted by molar-refractivity contribution is -0.0302. The molecule has 92 valence electrons. The van der Waals surface area contributed by atoms with Gasteiger partial charge in [-0.3, -0.25) is 0 Å². The van der Waals surface area contributed by atoms with E-state index >= 15 is 0 Å². The SMILES string of the molecule is Nc1ccc(C(=O)OCC2CCCCO2)nc1. The van der Waals surface area contributed by atoms with E-state index in [1.807, 2.05) is 0 Å². The number of hydrogen-bond donors (Lipinski definition) is 1. The zero-order valence-corrected chi connectivity index (χ0v) is 9.59. The number of aromatic nitrogens is 1. The van der Waals surface area contributed by atoms with Gasteiger partial charge in [0.15, 0.2) is 0 Å². The summed E-state index contributed by atoms with van der Waals surface area (Å²) in [5.41, 5.74) is 6.28. The number of pyridine rings is 1. The molecule has 1 aliphatic heterocycles. The van der Waals surface area contributed by atoms with E-state index in [0.29, 0.717) is 12.3 Å². The summed E-state index contributed by atoms with van der Waals surface area (Å²) in [6.45, 7) is 1.05. The number of esters is 1. The van der Waals surface area contributed by atoms with Crippen molar-refractivity contribution < 1.29 is 14.3 Å². The van der Waals surface area contributed by atoms with Crippen LogP contribution in [0, 0.1) is 0 Å². The molecule has 0 aromatic carbocycles. The number of carbonyl (C=O) groups is 1. The molecule has 1 aromatic heterocycles. The average molecular weight is 236 g/mol. The fourth-order valence-electron chi connectivity index (χ4n) is 1.71. The molecule has 1 aliphatic rings. The maximum Gasteiger partial charge on any atom is 0.357 e. The highest BCUT2D eigenvalue weighted by Gasteiger charge is 2.17. The van der Waals surface area contributed by atoms with Crippen LogP contribution in [0.15, 0.2) is 18.3 Å². The molecule has 17 heavy (non-hydrogen) atoms. The molecule has 1 aromatic rings. The minimum atomic E-state index is -0.431. The van der Waals surface area contributed by atoms with Crippen molar-refractivity contribution in [3.8, 4) is 0 Å². The van der Waals surface area contributed by atoms with E-state index in [-0.39, 0.29) is 11.8 Å². The van der Waals surface area contributed by atoms with Crippen LogP contribution in [-0.4, -0.2) is 30.3 Å². The second-order valence-electron chi connectivity index (χ2n) is 4.06. The van der Waals surface area contributed by atoms with Crippen LogP contribution in [0.25, 0.3) is 0 Å². The first-order chi connectivity index (χ1) is 8.25. The fourth-order valence-corrected chi connectivity index (χ4v) is 1.71. The topological polar surface area (TPSA) is 74.4 Å². The lowest BCUT2D eigenvalue weighted by atomic mass is 10.1. The molecule has 2 rings (SSSR count). The van der Waals surface area contributed by atoms with Gasteiger partial charge in [0.2, 0.25) is 0 Å². The highest BCUT2D eigenvalue weighted by Crippen LogP contribution is 2.13. The first kappa shape index (κ1) is 11.9. The van der Waals surface area contributed by atoms with Crippen molar-refractivity contribution in [1.82, 2.24) is 4.98 Å². The van der Waals surface area contributed by atoms with Crippen LogP contribution in [0.3, 0.4) is 0 Å². The van der Waals surface area contributed by atoms with Gasteiger partial charge in [-0.1, -0.05) is 0 Å². The van der Waals surface area contributed by atoms with Crippen LogP contribution < -0.4 is 5.73 Å². The largest absolute Gasteiger partial charge is 0.458 e. The number of nitrogens with two attached hydrogens (primary N) is 1. The summed E-state index contributed by atoms with van der Waals surface area (Å²) in [6, 6.07) is 3.18. The van der Waals surface area contributed by atoms with Gasteiger partial charge in [-0.05, 0) is 31.4 Å². The normalized spacial score (nSPS) is 19.9. The predicted octanol–water partition coefficient (Wildman–Crippen LogP) is 1.39. The third-order valence-electron chi connectivity index (χ3n) is 2.67. The van der Waals surface area contributed by atoms with Crippen molar-refractivity contribution in [1.29, 1.82) is 0 Å². The van der Waals surface area contributed by atoms with E-state index in [1.165, 1.54) is 6.20 Å². The minimum absolute atomic E-state index is 0.0291. The lowest BCUT2D eigenvalue weighted by Gasteiger charge is -2.21. The molecule has 1 saturated heterocycles. The Labute approximate surface area is 99.9 Å². The molecule has 0 saturated carbocycles. The van der Waals surface area contributed by atoms with E-state index in [2.05, 4.69) is 4.98 Å². The van der Waals surface area contributed by atoms with Crippen LogP contribution in [0.2, 0.25) is 0 Å². The predicted molar refractivity (Wildman–Crippen MR) is 62.5 cm³/mol. The molecule has 5 heteroatoms. The molecule has 0 amide bonds. The van der Waals surface area contributed by atoms with Crippen LogP contribution >= 0.6 is 0 Å². The van der Waals surface area contributed by atoms with E-state index < -0.39 is 5.97 Å². The molecule has 0 radical (unpaired) electrons. The molecule has 1 fully saturated rings. The number of nitrogens with zero attached hydrogens (tertiary/aromatic N) is 1. The van der Waals surface area contributed by atoms with Gasteiger partial charge >= 0.3 is 5.97 Å². The molecular formula is C12H16N2O3. The van der Waals surface area contributed by atoms with Gasteiger partial charge in [0.25, 0.3) is 0 Å². The number of hydrogen-bond acceptors (Lipinski definition) is 5. The van der Waals surface area contributed by atoms with Crippen LogP contribution in [0.5, 0.6) is 0 Å². The summed E-state index contributed by atoms with van der Waals surface area (Å²) >= 11 is 0. The smallest absolute Gasteiger partial charge is 0.357 e. The summed E-state index contributed by atoms with van der Waals surface area (Å²) in [5, 5.41) is 0. The fraction of sp³-hybridized carbons (Fsp3) is 0.500. The molecular weight excluding hydrogens is 220 g/mol. The molecule has 0 bridgehead atoms. The van der Waals surface area contributed by atoms with Gasteiger partial charge in [0.05, 0.1) is 18.0 Å². The van der Waals surface area contributed by atoms with Crippen LogP contribution in [0.1, 0.15) is 29.8 Å². The molecule has 2 N–H and O–H groups in total. The third-order valence-corrected chi connectivity index (χ3v) is 2.67. The van der Waals surface area contributed by atoms with E-state index in [4.69, 9.17) is 15.2 Å². The summed E-state index contributed by atoms with van der Waals surface area (Å²) < 4.78 is 10.6. The molecule has 1 unspecified atom stereocenters. The first-order valence-electron chi connectivity index (χ1n) is 5.76. The third kappa shape index (κ3) is 3.42. The monoisotopic (exact) mass is 236 g/mol. The van der Waals surface area contributed by atoms with Crippen molar-refractivity contribution in [2.45, 2.75) is 25.4 Å². The molecule has 5 nitrogen and oxygen atoms in total. The average Bonchev–Trinajstić information content (AvgIpc) is 2.38. The Morgan fingerprint density at radius 3 is 3.06 bits per heavy atom. The second kappa shape index (κ2) is 5.63. The maximum absolute atomic E-state index is 11.6. The van der Waals surface area contributed by atoms with Crippen molar-refractivity contribution in [2.24, 2.45) is 0 Å². The van der Waals surface area contributed by atoms with Crippen molar-refractivity contribution >= 4 is 11.7 Å². The van der Waals surface area contributed by atoms with E-state index in [1.54, 1.807) is 12.1 Å². The minimum Gasteiger partial charge on any atom is -0.458 e. The van der Waals surface area contributed by atoms with Gasteiger partial charge in [0.1, 0.15) is 12.3 Å². The number of ether oxygens (including phenoxy) is 2. The second-order valence-corrected chi connectivity index (χ2v) is 4.06. The summed E-state index contributed by atoms with van der Waals surface area (Å²) in [5.74, 6) is -0.431. The number of rotatable bonds is 3. The summed E-state index contributed by atoms with van der Waals surface area (Å²) in [4.78, 5) is 15.5. The lowest BCUT2D eigenvalue weighted by Crippen LogP contribution is -2.26. The Balaban J connectivity index is 1.82. The van der Waals surface area contributed by atoms with Crippen molar-refractivity contribution in [3.05, 3.63) is 24.0 Å². The maximum atomic E-state index is 11.6. The Morgan fingerprint density at radius 2 is 2.41 bits per heavy atom. The Morgan fingerprint density at radius 1 is 1.53 bits per heavy atom. The van der Waals surface area contributed by atoms with E-state index in [0.717, 1.165) is 25.9 Å². The van der Waals surface area contributed by atoms with Gasteiger partial charge in [-0.25, -0.2) is 9.78 Å². The van der Waals surface area contributed by atoms with Gasteiger partial charge in [-0.2, -0.15) is 0 Å². The van der Waals surface area contributed by atoms with Crippen molar-refractivity contribution in [2.75, 3.05) is 18.9 Å². The molecule has 1 atom stereocenters. The zero-order chi connectivity index (χ0) is 12.1. The molecule has 0 spiro atoms. The number of anilines is 1. The summed E-state index contributed by atoms with van der Waals surface area (Å²) in [7, 11) is 0. The Hall–Kier alpha value is -1.62. The molecule has 2 heterocycles. The molecule has 0 aliphatic carbocycles. The Bertz CT molecular complexity index is 372. The van der Waals surface area contributed by atoms with Gasteiger partial charge in [0, 0.05) is 6.61 Å².